The third-order valence-corrected chi connectivity index (χ3v) is 6.25. The second-order valence-corrected chi connectivity index (χ2v) is 8.46. The molecule has 1 N–H and O–H groups in total. The average Bonchev–Trinajstić information content (AvgIpc) is 3.08. The maximum Gasteiger partial charge on any atom is 0.267 e. The van der Waals surface area contributed by atoms with Gasteiger partial charge in [-0.05, 0) is 43.9 Å². The Kier molecular flexibility index (Phi) is 6.66. The maximum absolute atomic E-state index is 13.4. The molecule has 162 valence electrons. The monoisotopic (exact) mass is 419 g/mol. The van der Waals surface area contributed by atoms with Crippen molar-refractivity contribution in [1.29, 1.82) is 5.26 Å². The highest BCUT2D eigenvalue weighted by atomic mass is 16.2. The first-order valence-corrected chi connectivity index (χ1v) is 11.4. The predicted octanol–water partition coefficient (Wildman–Crippen LogP) is 3.43. The summed E-state index contributed by atoms with van der Waals surface area (Å²) in [6, 6.07) is 7.53. The molecule has 7 nitrogen and oxygen atoms in total. The SMILES string of the molecule is N#CC(=Cc1c(N2CCCCCC2)nc2ccccn2c1=O)C(=O)NC1CCCCC1. The molecule has 2 aromatic rings. The van der Waals surface area contributed by atoms with E-state index in [1.807, 2.05) is 12.1 Å². The zero-order valence-corrected chi connectivity index (χ0v) is 17.8. The molecule has 0 atom stereocenters. The molecule has 0 bridgehead atoms. The minimum absolute atomic E-state index is 0.0450. The van der Waals surface area contributed by atoms with Crippen LogP contribution in [-0.4, -0.2) is 34.4 Å². The molecule has 7 heteroatoms. The number of hydrogen-bond donors (Lipinski definition) is 1. The molecule has 1 aliphatic carbocycles. The number of amides is 1. The number of carbonyl (C=O) groups is 1. The summed E-state index contributed by atoms with van der Waals surface area (Å²) in [5.74, 6) is 0.157. The van der Waals surface area contributed by atoms with Crippen LogP contribution in [0.5, 0.6) is 0 Å². The van der Waals surface area contributed by atoms with Gasteiger partial charge in [0.2, 0.25) is 0 Å². The van der Waals surface area contributed by atoms with E-state index in [-0.39, 0.29) is 17.2 Å². The lowest BCUT2D eigenvalue weighted by Crippen LogP contribution is -2.37. The van der Waals surface area contributed by atoms with Crippen molar-refractivity contribution in [3.05, 3.63) is 45.9 Å². The van der Waals surface area contributed by atoms with Gasteiger partial charge in [0.1, 0.15) is 23.1 Å². The number of nitrogens with zero attached hydrogens (tertiary/aromatic N) is 4. The van der Waals surface area contributed by atoms with Crippen molar-refractivity contribution in [2.24, 2.45) is 0 Å². The fourth-order valence-corrected chi connectivity index (χ4v) is 4.54. The summed E-state index contributed by atoms with van der Waals surface area (Å²) in [5.41, 5.74) is 0.564. The molecule has 0 radical (unpaired) electrons. The van der Waals surface area contributed by atoms with Gasteiger partial charge in [0.25, 0.3) is 11.5 Å². The third kappa shape index (κ3) is 4.79. The molecular weight excluding hydrogens is 390 g/mol. The summed E-state index contributed by atoms with van der Waals surface area (Å²) >= 11 is 0. The molecule has 2 fully saturated rings. The molecular formula is C24H29N5O2. The lowest BCUT2D eigenvalue weighted by atomic mass is 9.95. The molecule has 4 rings (SSSR count). The number of anilines is 1. The molecule has 2 aromatic heterocycles. The Hall–Kier alpha value is -3.14. The predicted molar refractivity (Wildman–Crippen MR) is 121 cm³/mol. The summed E-state index contributed by atoms with van der Waals surface area (Å²) in [5, 5.41) is 12.7. The van der Waals surface area contributed by atoms with Crippen LogP contribution in [0.25, 0.3) is 11.7 Å². The van der Waals surface area contributed by atoms with Crippen molar-refractivity contribution in [2.45, 2.75) is 63.8 Å². The van der Waals surface area contributed by atoms with E-state index in [1.165, 1.54) is 16.9 Å². The molecule has 1 saturated carbocycles. The summed E-state index contributed by atoms with van der Waals surface area (Å²) in [7, 11) is 0. The fraction of sp³-hybridized carbons (Fsp3) is 0.500. The third-order valence-electron chi connectivity index (χ3n) is 6.25. The van der Waals surface area contributed by atoms with E-state index in [4.69, 9.17) is 4.98 Å². The van der Waals surface area contributed by atoms with Gasteiger partial charge in [-0.25, -0.2) is 4.98 Å². The van der Waals surface area contributed by atoms with Gasteiger partial charge < -0.3 is 10.2 Å². The van der Waals surface area contributed by atoms with Gasteiger partial charge in [-0.3, -0.25) is 14.0 Å². The molecule has 1 amide bonds. The van der Waals surface area contributed by atoms with Crippen molar-refractivity contribution < 1.29 is 4.79 Å². The molecule has 1 saturated heterocycles. The molecule has 1 aliphatic heterocycles. The van der Waals surface area contributed by atoms with E-state index in [9.17, 15) is 14.9 Å². The second kappa shape index (κ2) is 9.78. The Labute approximate surface area is 182 Å². The molecule has 31 heavy (non-hydrogen) atoms. The standard InChI is InChI=1S/C24H29N5O2/c25-17-18(23(30)26-19-10-4-3-5-11-19)16-20-22(28-13-7-1-2-8-14-28)27-21-12-6-9-15-29(21)24(20)31/h6,9,12,15-16,19H,1-5,7-8,10-11,13-14H2,(H,26,30). The van der Waals surface area contributed by atoms with E-state index < -0.39 is 5.91 Å². The minimum atomic E-state index is -0.409. The first-order chi connectivity index (χ1) is 15.2. The maximum atomic E-state index is 13.4. The number of nitrogens with one attached hydrogen (secondary N) is 1. The van der Waals surface area contributed by atoms with Crippen LogP contribution < -0.4 is 15.8 Å². The van der Waals surface area contributed by atoms with E-state index in [1.54, 1.807) is 18.3 Å². The number of nitriles is 1. The van der Waals surface area contributed by atoms with Crippen molar-refractivity contribution in [3.8, 4) is 6.07 Å². The Morgan fingerprint density at radius 2 is 1.81 bits per heavy atom. The summed E-state index contributed by atoms with van der Waals surface area (Å²) in [6.45, 7) is 1.62. The van der Waals surface area contributed by atoms with Crippen molar-refractivity contribution >= 4 is 23.4 Å². The lowest BCUT2D eigenvalue weighted by molar-refractivity contribution is -0.117. The first kappa shape index (κ1) is 21.1. The number of fused-ring (bicyclic) bond motifs is 1. The molecule has 0 aromatic carbocycles. The summed E-state index contributed by atoms with van der Waals surface area (Å²) in [4.78, 5) is 33.1. The van der Waals surface area contributed by atoms with Crippen LogP contribution in [0.15, 0.2) is 34.8 Å². The normalized spacial score (nSPS) is 18.4. The highest BCUT2D eigenvalue weighted by molar-refractivity contribution is 6.02. The fourth-order valence-electron chi connectivity index (χ4n) is 4.54. The van der Waals surface area contributed by atoms with Crippen LogP contribution in [0, 0.1) is 11.3 Å². The quantitative estimate of drug-likeness (QED) is 0.606. The smallest absolute Gasteiger partial charge is 0.267 e. The van der Waals surface area contributed by atoms with Crippen LogP contribution in [0.1, 0.15) is 63.4 Å². The molecule has 2 aliphatic rings. The van der Waals surface area contributed by atoms with E-state index in [0.717, 1.165) is 64.5 Å². The largest absolute Gasteiger partial charge is 0.356 e. The van der Waals surface area contributed by atoms with Crippen LogP contribution in [0.3, 0.4) is 0 Å². The van der Waals surface area contributed by atoms with Crippen LogP contribution >= 0.6 is 0 Å². The van der Waals surface area contributed by atoms with Crippen molar-refractivity contribution in [1.82, 2.24) is 14.7 Å². The highest BCUT2D eigenvalue weighted by Crippen LogP contribution is 2.23. The van der Waals surface area contributed by atoms with Gasteiger partial charge in [-0.1, -0.05) is 38.2 Å². The number of carbonyl (C=O) groups excluding carboxylic acids is 1. The van der Waals surface area contributed by atoms with Gasteiger partial charge in [0.15, 0.2) is 0 Å². The van der Waals surface area contributed by atoms with Crippen LogP contribution in [0.2, 0.25) is 0 Å². The van der Waals surface area contributed by atoms with Crippen LogP contribution in [-0.2, 0) is 4.79 Å². The van der Waals surface area contributed by atoms with E-state index in [2.05, 4.69) is 10.2 Å². The highest BCUT2D eigenvalue weighted by Gasteiger charge is 2.22. The zero-order valence-electron chi connectivity index (χ0n) is 17.8. The molecule has 0 spiro atoms. The zero-order chi connectivity index (χ0) is 21.6. The summed E-state index contributed by atoms with van der Waals surface area (Å²) < 4.78 is 1.47. The summed E-state index contributed by atoms with van der Waals surface area (Å²) in [6.07, 6.45) is 12.7. The lowest BCUT2D eigenvalue weighted by Gasteiger charge is -2.24. The van der Waals surface area contributed by atoms with Gasteiger partial charge in [0.05, 0.1) is 5.56 Å². The number of hydrogen-bond acceptors (Lipinski definition) is 5. The Balaban J connectivity index is 1.75. The average molecular weight is 420 g/mol. The van der Waals surface area contributed by atoms with Crippen molar-refractivity contribution in [3.63, 3.8) is 0 Å². The Morgan fingerprint density at radius 1 is 1.10 bits per heavy atom. The molecule has 0 unspecified atom stereocenters. The topological polar surface area (TPSA) is 90.5 Å². The second-order valence-electron chi connectivity index (χ2n) is 8.46. The van der Waals surface area contributed by atoms with Gasteiger partial charge in [0, 0.05) is 25.3 Å². The van der Waals surface area contributed by atoms with Crippen LogP contribution in [0.4, 0.5) is 5.82 Å². The number of rotatable bonds is 4. The van der Waals surface area contributed by atoms with E-state index >= 15 is 0 Å². The number of aromatic nitrogens is 2. The van der Waals surface area contributed by atoms with Crippen molar-refractivity contribution in [2.75, 3.05) is 18.0 Å². The molecule has 3 heterocycles. The first-order valence-electron chi connectivity index (χ1n) is 11.4. The van der Waals surface area contributed by atoms with Gasteiger partial charge in [-0.2, -0.15) is 5.26 Å². The number of pyridine rings is 1. The van der Waals surface area contributed by atoms with Gasteiger partial charge >= 0.3 is 0 Å². The van der Waals surface area contributed by atoms with E-state index in [0.29, 0.717) is 17.0 Å². The Bertz CT molecular complexity index is 1070. The Morgan fingerprint density at radius 3 is 2.52 bits per heavy atom. The van der Waals surface area contributed by atoms with Gasteiger partial charge in [-0.15, -0.1) is 0 Å². The minimum Gasteiger partial charge on any atom is -0.356 e.